The third-order valence-corrected chi connectivity index (χ3v) is 2.07. The summed E-state index contributed by atoms with van der Waals surface area (Å²) in [4.78, 5) is 19.6. The van der Waals surface area contributed by atoms with E-state index in [1.54, 1.807) is 6.07 Å². The van der Waals surface area contributed by atoms with Crippen LogP contribution in [0, 0.1) is 6.92 Å². The second-order valence-electron chi connectivity index (χ2n) is 3.36. The molecule has 1 amide bonds. The number of anilines is 1. The summed E-state index contributed by atoms with van der Waals surface area (Å²) >= 11 is 0. The molecule has 0 aliphatic rings. The van der Waals surface area contributed by atoms with Gasteiger partial charge in [-0.3, -0.25) is 4.79 Å². The summed E-state index contributed by atoms with van der Waals surface area (Å²) < 4.78 is 0. The van der Waals surface area contributed by atoms with E-state index in [1.165, 1.54) is 6.33 Å². The van der Waals surface area contributed by atoms with E-state index in [4.69, 9.17) is 0 Å². The normalized spacial score (nSPS) is 9.81. The highest BCUT2D eigenvalue weighted by Gasteiger charge is 2.07. The smallest absolute Gasteiger partial charge is 0.274 e. The van der Waals surface area contributed by atoms with Gasteiger partial charge in [-0.2, -0.15) is 0 Å². The molecule has 1 aromatic carbocycles. The number of amides is 1. The van der Waals surface area contributed by atoms with Crippen LogP contribution in [0.15, 0.2) is 42.7 Å². The number of nitrogens with one attached hydrogen (secondary N) is 1. The first-order valence-electron chi connectivity index (χ1n) is 4.91. The minimum absolute atomic E-state index is 0.225. The molecule has 1 aromatic heterocycles. The Hall–Kier alpha value is -2.23. The van der Waals surface area contributed by atoms with Gasteiger partial charge in [-0.05, 0) is 25.1 Å². The molecule has 4 heteroatoms. The van der Waals surface area contributed by atoms with Crippen LogP contribution in [0.4, 0.5) is 5.69 Å². The molecule has 0 unspecified atom stereocenters. The maximum Gasteiger partial charge on any atom is 0.274 e. The number of aryl methyl sites for hydroxylation is 1. The van der Waals surface area contributed by atoms with E-state index >= 15 is 0 Å². The van der Waals surface area contributed by atoms with Crippen molar-refractivity contribution in [1.29, 1.82) is 0 Å². The molecule has 0 bridgehead atoms. The van der Waals surface area contributed by atoms with Gasteiger partial charge < -0.3 is 5.32 Å². The molecule has 0 aliphatic heterocycles. The summed E-state index contributed by atoms with van der Waals surface area (Å²) in [6.45, 7) is 1.82. The minimum Gasteiger partial charge on any atom is -0.321 e. The summed E-state index contributed by atoms with van der Waals surface area (Å²) in [5.41, 5.74) is 1.90. The highest BCUT2D eigenvalue weighted by atomic mass is 16.1. The van der Waals surface area contributed by atoms with E-state index in [0.717, 1.165) is 11.4 Å². The number of carbonyl (C=O) groups excluding carboxylic acids is 1. The molecule has 2 aromatic rings. The van der Waals surface area contributed by atoms with Gasteiger partial charge in [-0.1, -0.05) is 18.2 Å². The monoisotopic (exact) mass is 213 g/mol. The summed E-state index contributed by atoms with van der Waals surface area (Å²) in [7, 11) is 0. The first kappa shape index (κ1) is 10.3. The lowest BCUT2D eigenvalue weighted by molar-refractivity contribution is 0.102. The number of benzene rings is 1. The molecular formula is C12H11N3O. The highest BCUT2D eigenvalue weighted by molar-refractivity contribution is 6.02. The third kappa shape index (κ3) is 2.42. The molecule has 80 valence electrons. The van der Waals surface area contributed by atoms with Gasteiger partial charge in [-0.15, -0.1) is 0 Å². The first-order valence-corrected chi connectivity index (χ1v) is 4.91. The van der Waals surface area contributed by atoms with E-state index in [0.29, 0.717) is 5.69 Å². The zero-order valence-electron chi connectivity index (χ0n) is 8.84. The molecule has 0 aliphatic carbocycles. The molecule has 0 spiro atoms. The van der Waals surface area contributed by atoms with Crippen LogP contribution >= 0.6 is 0 Å². The van der Waals surface area contributed by atoms with Crippen molar-refractivity contribution in [2.24, 2.45) is 0 Å². The molecule has 0 saturated heterocycles. The quantitative estimate of drug-likeness (QED) is 0.830. The maximum atomic E-state index is 11.8. The van der Waals surface area contributed by atoms with Gasteiger partial charge in [0.1, 0.15) is 12.0 Å². The summed E-state index contributed by atoms with van der Waals surface area (Å²) in [6, 6.07) is 10.9. The SMILES string of the molecule is Cc1cc(C(=O)Nc2ccccc2)ncn1. The van der Waals surface area contributed by atoms with Crippen LogP contribution in [-0.2, 0) is 0 Å². The fraction of sp³-hybridized carbons (Fsp3) is 0.0833. The Morgan fingerprint density at radius 2 is 1.94 bits per heavy atom. The van der Waals surface area contributed by atoms with Crippen molar-refractivity contribution in [2.75, 3.05) is 5.32 Å². The Morgan fingerprint density at radius 3 is 2.62 bits per heavy atom. The topological polar surface area (TPSA) is 54.9 Å². The fourth-order valence-corrected chi connectivity index (χ4v) is 1.30. The maximum absolute atomic E-state index is 11.8. The molecule has 1 N–H and O–H groups in total. The zero-order valence-corrected chi connectivity index (χ0v) is 8.84. The minimum atomic E-state index is -0.225. The third-order valence-electron chi connectivity index (χ3n) is 2.07. The Labute approximate surface area is 93.4 Å². The number of nitrogens with zero attached hydrogens (tertiary/aromatic N) is 2. The number of hydrogen-bond acceptors (Lipinski definition) is 3. The van der Waals surface area contributed by atoms with Gasteiger partial charge in [0.25, 0.3) is 5.91 Å². The van der Waals surface area contributed by atoms with Gasteiger partial charge in [0.15, 0.2) is 0 Å². The first-order chi connectivity index (χ1) is 7.75. The lowest BCUT2D eigenvalue weighted by Gasteiger charge is -2.04. The van der Waals surface area contributed by atoms with Crippen molar-refractivity contribution in [3.05, 3.63) is 54.1 Å². The Kier molecular flexibility index (Phi) is 2.91. The van der Waals surface area contributed by atoms with Crippen LogP contribution in [0.2, 0.25) is 0 Å². The number of rotatable bonds is 2. The summed E-state index contributed by atoms with van der Waals surface area (Å²) in [6.07, 6.45) is 1.38. The van der Waals surface area contributed by atoms with Crippen molar-refractivity contribution in [3.8, 4) is 0 Å². The van der Waals surface area contributed by atoms with Crippen molar-refractivity contribution in [1.82, 2.24) is 9.97 Å². The number of para-hydroxylation sites is 1. The number of aromatic nitrogens is 2. The standard InChI is InChI=1S/C12H11N3O/c1-9-7-11(14-8-13-9)12(16)15-10-5-3-2-4-6-10/h2-8H,1H3,(H,15,16). The molecule has 0 fully saturated rings. The average Bonchev–Trinajstić information content (AvgIpc) is 2.30. The zero-order chi connectivity index (χ0) is 11.4. The predicted octanol–water partition coefficient (Wildman–Crippen LogP) is 2.04. The molecule has 16 heavy (non-hydrogen) atoms. The van der Waals surface area contributed by atoms with E-state index in [1.807, 2.05) is 37.3 Å². The van der Waals surface area contributed by atoms with Crippen molar-refractivity contribution >= 4 is 11.6 Å². The average molecular weight is 213 g/mol. The van der Waals surface area contributed by atoms with Crippen molar-refractivity contribution < 1.29 is 4.79 Å². The number of hydrogen-bond donors (Lipinski definition) is 1. The van der Waals surface area contributed by atoms with E-state index < -0.39 is 0 Å². The van der Waals surface area contributed by atoms with Gasteiger partial charge in [-0.25, -0.2) is 9.97 Å². The van der Waals surface area contributed by atoms with Crippen LogP contribution in [0.25, 0.3) is 0 Å². The second kappa shape index (κ2) is 4.53. The summed E-state index contributed by atoms with van der Waals surface area (Å²) in [5, 5.41) is 2.76. The highest BCUT2D eigenvalue weighted by Crippen LogP contribution is 2.07. The van der Waals surface area contributed by atoms with Crippen molar-refractivity contribution in [2.45, 2.75) is 6.92 Å². The van der Waals surface area contributed by atoms with Crippen LogP contribution < -0.4 is 5.32 Å². The second-order valence-corrected chi connectivity index (χ2v) is 3.36. The van der Waals surface area contributed by atoms with Gasteiger partial charge in [0.05, 0.1) is 0 Å². The molecule has 4 nitrogen and oxygen atoms in total. The van der Waals surface area contributed by atoms with Gasteiger partial charge >= 0.3 is 0 Å². The van der Waals surface area contributed by atoms with Crippen LogP contribution in [-0.4, -0.2) is 15.9 Å². The van der Waals surface area contributed by atoms with E-state index in [-0.39, 0.29) is 5.91 Å². The van der Waals surface area contributed by atoms with Crippen molar-refractivity contribution in [3.63, 3.8) is 0 Å². The Bertz CT molecular complexity index is 497. The van der Waals surface area contributed by atoms with Gasteiger partial charge in [0.2, 0.25) is 0 Å². The fourth-order valence-electron chi connectivity index (χ4n) is 1.30. The number of carbonyl (C=O) groups is 1. The lowest BCUT2D eigenvalue weighted by atomic mass is 10.3. The Balaban J connectivity index is 2.15. The van der Waals surface area contributed by atoms with Crippen LogP contribution in [0.1, 0.15) is 16.2 Å². The summed E-state index contributed by atoms with van der Waals surface area (Å²) in [5.74, 6) is -0.225. The van der Waals surface area contributed by atoms with E-state index in [2.05, 4.69) is 15.3 Å². The lowest BCUT2D eigenvalue weighted by Crippen LogP contribution is -2.13. The molecule has 0 atom stereocenters. The molecule has 1 heterocycles. The van der Waals surface area contributed by atoms with E-state index in [9.17, 15) is 4.79 Å². The van der Waals surface area contributed by atoms with Crippen LogP contribution in [0.5, 0.6) is 0 Å². The Morgan fingerprint density at radius 1 is 1.19 bits per heavy atom. The van der Waals surface area contributed by atoms with Crippen LogP contribution in [0.3, 0.4) is 0 Å². The predicted molar refractivity (Wildman–Crippen MR) is 61.2 cm³/mol. The molecular weight excluding hydrogens is 202 g/mol. The molecule has 0 radical (unpaired) electrons. The molecule has 0 saturated carbocycles. The van der Waals surface area contributed by atoms with Gasteiger partial charge in [0, 0.05) is 11.4 Å². The molecule has 2 rings (SSSR count). The largest absolute Gasteiger partial charge is 0.321 e.